The average Bonchev–Trinajstić information content (AvgIpc) is 2.85. The van der Waals surface area contributed by atoms with Gasteiger partial charge < -0.3 is 14.7 Å². The lowest BCUT2D eigenvalue weighted by Crippen LogP contribution is -2.50. The number of hydrogen-bond acceptors (Lipinski definition) is 5. The van der Waals surface area contributed by atoms with Crippen molar-refractivity contribution in [2.24, 2.45) is 5.92 Å². The molecule has 0 unspecified atom stereocenters. The Morgan fingerprint density at radius 3 is 2.63 bits per heavy atom. The summed E-state index contributed by atoms with van der Waals surface area (Å²) >= 11 is 0. The zero-order valence-corrected chi connectivity index (χ0v) is 21.6. The number of amides is 1. The molecular weight excluding hydrogens is 464 g/mol. The highest BCUT2D eigenvalue weighted by Gasteiger charge is 2.38. The number of unbranched alkanes of at least 4 members (excludes halogenated alkanes) is 1. The van der Waals surface area contributed by atoms with Gasteiger partial charge in [0.1, 0.15) is 16.7 Å². The van der Waals surface area contributed by atoms with Crippen molar-refractivity contribution in [2.75, 3.05) is 26.7 Å². The van der Waals surface area contributed by atoms with E-state index >= 15 is 0 Å². The number of fused-ring (bicyclic) bond motifs is 1. The van der Waals surface area contributed by atoms with Crippen molar-refractivity contribution in [1.29, 1.82) is 0 Å². The normalized spacial score (nSPS) is 20.3. The summed E-state index contributed by atoms with van der Waals surface area (Å²) in [7, 11) is -2.21. The van der Waals surface area contributed by atoms with E-state index in [-0.39, 0.29) is 42.2 Å². The fourth-order valence-corrected chi connectivity index (χ4v) is 5.79. The summed E-state index contributed by atoms with van der Waals surface area (Å²) in [6.07, 6.45) is 1.19. The summed E-state index contributed by atoms with van der Waals surface area (Å²) < 4.78 is 34.7. The molecule has 0 saturated heterocycles. The Morgan fingerprint density at radius 2 is 1.97 bits per heavy atom. The van der Waals surface area contributed by atoms with Gasteiger partial charge in [-0.05, 0) is 43.7 Å². The molecule has 0 spiro atoms. The molecule has 1 aliphatic rings. The standard InChI is InChI=1S/C27H34N2O5S/c1-5-6-8-11-22-14-15-26-24(16-22)34-25(18-28(4)27(31)23-12-9-7-10-13-23)20(2)17-29(21(3)19-30)35(26,32)33/h7,9-10,12-16,20-21,25,30H,5-6,17-19H2,1-4H3/t20-,21+,25+/m0/s1. The monoisotopic (exact) mass is 498 g/mol. The minimum Gasteiger partial charge on any atom is -0.487 e. The van der Waals surface area contributed by atoms with Crippen molar-refractivity contribution in [3.05, 3.63) is 59.7 Å². The third kappa shape index (κ3) is 6.23. The number of nitrogens with zero attached hydrogens (tertiary/aromatic N) is 2. The predicted molar refractivity (Wildman–Crippen MR) is 136 cm³/mol. The Morgan fingerprint density at radius 1 is 1.26 bits per heavy atom. The first-order valence-corrected chi connectivity index (χ1v) is 13.4. The van der Waals surface area contributed by atoms with E-state index in [0.29, 0.717) is 11.1 Å². The summed E-state index contributed by atoms with van der Waals surface area (Å²) in [6, 6.07) is 13.2. The van der Waals surface area contributed by atoms with Crippen LogP contribution in [0.1, 0.15) is 49.5 Å². The fourth-order valence-electron chi connectivity index (χ4n) is 3.96. The number of hydrogen-bond donors (Lipinski definition) is 1. The molecule has 2 aromatic carbocycles. The van der Waals surface area contributed by atoms with E-state index in [9.17, 15) is 18.3 Å². The second-order valence-corrected chi connectivity index (χ2v) is 10.9. The Hall–Kier alpha value is -2.86. The molecule has 0 fully saturated rings. The molecule has 1 aliphatic heterocycles. The van der Waals surface area contributed by atoms with Gasteiger partial charge in [0.05, 0.1) is 13.2 Å². The molecule has 7 nitrogen and oxygen atoms in total. The summed E-state index contributed by atoms with van der Waals surface area (Å²) in [5.74, 6) is 5.95. The first kappa shape index (κ1) is 26.7. The van der Waals surface area contributed by atoms with Crippen LogP contribution in [0.4, 0.5) is 0 Å². The van der Waals surface area contributed by atoms with Crippen molar-refractivity contribution in [1.82, 2.24) is 9.21 Å². The van der Waals surface area contributed by atoms with Crippen LogP contribution in [-0.2, 0) is 10.0 Å². The van der Waals surface area contributed by atoms with Crippen LogP contribution < -0.4 is 4.74 Å². The van der Waals surface area contributed by atoms with Crippen LogP contribution in [-0.4, -0.2) is 67.5 Å². The summed E-state index contributed by atoms with van der Waals surface area (Å²) in [6.45, 7) is 5.73. The van der Waals surface area contributed by atoms with Gasteiger partial charge in [0.2, 0.25) is 10.0 Å². The third-order valence-electron chi connectivity index (χ3n) is 6.10. The number of carbonyl (C=O) groups excluding carboxylic acids is 1. The molecule has 0 aliphatic carbocycles. The number of ether oxygens (including phenoxy) is 1. The highest BCUT2D eigenvalue weighted by Crippen LogP contribution is 2.34. The van der Waals surface area contributed by atoms with Crippen LogP contribution in [0.25, 0.3) is 0 Å². The number of rotatable bonds is 6. The van der Waals surface area contributed by atoms with Crippen molar-refractivity contribution in [3.63, 3.8) is 0 Å². The quantitative estimate of drug-likeness (QED) is 0.617. The van der Waals surface area contributed by atoms with Crippen molar-refractivity contribution >= 4 is 15.9 Å². The van der Waals surface area contributed by atoms with Gasteiger partial charge in [0.15, 0.2) is 0 Å². The lowest BCUT2D eigenvalue weighted by molar-refractivity contribution is 0.0563. The van der Waals surface area contributed by atoms with Gasteiger partial charge in [0.25, 0.3) is 5.91 Å². The lowest BCUT2D eigenvalue weighted by Gasteiger charge is -2.37. The topological polar surface area (TPSA) is 87.2 Å². The number of aliphatic hydroxyl groups is 1. The molecule has 1 heterocycles. The number of aliphatic hydroxyl groups excluding tert-OH is 1. The van der Waals surface area contributed by atoms with E-state index < -0.39 is 22.2 Å². The molecule has 1 amide bonds. The van der Waals surface area contributed by atoms with Gasteiger partial charge in [-0.25, -0.2) is 8.42 Å². The van der Waals surface area contributed by atoms with Gasteiger partial charge in [-0.2, -0.15) is 4.31 Å². The first-order chi connectivity index (χ1) is 16.7. The van der Waals surface area contributed by atoms with E-state index in [4.69, 9.17) is 4.74 Å². The number of carbonyl (C=O) groups is 1. The maximum atomic E-state index is 13.6. The van der Waals surface area contributed by atoms with Gasteiger partial charge >= 0.3 is 0 Å². The van der Waals surface area contributed by atoms with Gasteiger partial charge in [-0.15, -0.1) is 0 Å². The molecular formula is C27H34N2O5S. The smallest absolute Gasteiger partial charge is 0.253 e. The van der Waals surface area contributed by atoms with Crippen molar-refractivity contribution < 1.29 is 23.1 Å². The maximum Gasteiger partial charge on any atom is 0.253 e. The zero-order chi connectivity index (χ0) is 25.6. The Balaban J connectivity index is 2.01. The number of sulfonamides is 1. The molecule has 188 valence electrons. The second kappa shape index (κ2) is 11.7. The van der Waals surface area contributed by atoms with E-state index in [0.717, 1.165) is 12.8 Å². The Bertz CT molecular complexity index is 1190. The molecule has 0 bridgehead atoms. The van der Waals surface area contributed by atoms with E-state index in [1.54, 1.807) is 43.1 Å². The van der Waals surface area contributed by atoms with Crippen LogP contribution in [0.3, 0.4) is 0 Å². The van der Waals surface area contributed by atoms with Crippen LogP contribution in [0, 0.1) is 17.8 Å². The molecule has 0 saturated carbocycles. The van der Waals surface area contributed by atoms with E-state index in [2.05, 4.69) is 11.8 Å². The first-order valence-electron chi connectivity index (χ1n) is 11.9. The van der Waals surface area contributed by atoms with E-state index in [1.807, 2.05) is 32.0 Å². The summed E-state index contributed by atoms with van der Waals surface area (Å²) in [5, 5.41) is 9.78. The molecule has 35 heavy (non-hydrogen) atoms. The molecule has 8 heteroatoms. The summed E-state index contributed by atoms with van der Waals surface area (Å²) in [4.78, 5) is 14.6. The van der Waals surface area contributed by atoms with Gasteiger partial charge in [-0.1, -0.05) is 43.9 Å². The SMILES string of the molecule is CCCC#Cc1ccc2c(c1)O[C@H](CN(C)C(=O)c1ccccc1)[C@@H](C)CN([C@H](C)CO)S2(=O)=O. The Kier molecular flexibility index (Phi) is 8.95. The van der Waals surface area contributed by atoms with Crippen LogP contribution in [0.2, 0.25) is 0 Å². The summed E-state index contributed by atoms with van der Waals surface area (Å²) in [5.41, 5.74) is 1.23. The van der Waals surface area contributed by atoms with Crippen LogP contribution >= 0.6 is 0 Å². The maximum absolute atomic E-state index is 13.6. The fraction of sp³-hybridized carbons (Fsp3) is 0.444. The molecule has 3 atom stereocenters. The molecule has 2 aromatic rings. The predicted octanol–water partition coefficient (Wildman–Crippen LogP) is 3.38. The second-order valence-electron chi connectivity index (χ2n) is 9.00. The Labute approximate surface area is 208 Å². The number of benzene rings is 2. The lowest BCUT2D eigenvalue weighted by atomic mass is 10.0. The highest BCUT2D eigenvalue weighted by molar-refractivity contribution is 7.89. The van der Waals surface area contributed by atoms with Gasteiger partial charge in [-0.3, -0.25) is 4.79 Å². The highest BCUT2D eigenvalue weighted by atomic mass is 32.2. The van der Waals surface area contributed by atoms with Crippen LogP contribution in [0.5, 0.6) is 5.75 Å². The minimum atomic E-state index is -3.92. The average molecular weight is 499 g/mol. The zero-order valence-electron chi connectivity index (χ0n) is 20.8. The number of likely N-dealkylation sites (N-methyl/N-ethyl adjacent to an activating group) is 1. The van der Waals surface area contributed by atoms with Gasteiger partial charge in [0, 0.05) is 43.1 Å². The minimum absolute atomic E-state index is 0.0350. The van der Waals surface area contributed by atoms with E-state index in [1.165, 1.54) is 10.4 Å². The van der Waals surface area contributed by atoms with Crippen LogP contribution in [0.15, 0.2) is 53.4 Å². The largest absolute Gasteiger partial charge is 0.487 e. The molecule has 0 radical (unpaired) electrons. The molecule has 3 rings (SSSR count). The van der Waals surface area contributed by atoms with Crippen molar-refractivity contribution in [2.45, 2.75) is 50.7 Å². The molecule has 0 aromatic heterocycles. The van der Waals surface area contributed by atoms with Crippen molar-refractivity contribution in [3.8, 4) is 17.6 Å². The molecule has 1 N–H and O–H groups in total. The third-order valence-corrected chi connectivity index (χ3v) is 8.12.